The van der Waals surface area contributed by atoms with E-state index in [1.165, 1.54) is 5.56 Å². The minimum absolute atomic E-state index is 0.114. The molecule has 20 heavy (non-hydrogen) atoms. The molecule has 4 heteroatoms. The third-order valence-corrected chi connectivity index (χ3v) is 3.68. The van der Waals surface area contributed by atoms with E-state index in [4.69, 9.17) is 23.2 Å². The molecule has 0 atom stereocenters. The molecule has 0 heterocycles. The smallest absolute Gasteiger partial charge is 0.138 e. The molecule has 0 fully saturated rings. The van der Waals surface area contributed by atoms with E-state index in [2.05, 4.69) is 17.0 Å². The van der Waals surface area contributed by atoms with Crippen LogP contribution in [0.25, 0.3) is 0 Å². The van der Waals surface area contributed by atoms with Gasteiger partial charge in [0.15, 0.2) is 0 Å². The summed E-state index contributed by atoms with van der Waals surface area (Å²) < 4.78 is 0. The van der Waals surface area contributed by atoms with E-state index < -0.39 is 0 Å². The van der Waals surface area contributed by atoms with E-state index in [0.29, 0.717) is 16.6 Å². The third-order valence-electron chi connectivity index (χ3n) is 3.17. The van der Waals surface area contributed by atoms with E-state index in [1.54, 1.807) is 12.1 Å². The summed E-state index contributed by atoms with van der Waals surface area (Å²) in [5, 5.41) is 10.8. The van der Waals surface area contributed by atoms with Crippen LogP contribution in [0.1, 0.15) is 11.1 Å². The van der Waals surface area contributed by atoms with Crippen LogP contribution in [0.3, 0.4) is 0 Å². The summed E-state index contributed by atoms with van der Waals surface area (Å²) in [6, 6.07) is 13.6. The molecular formula is C16H17Cl2NO. The summed E-state index contributed by atoms with van der Waals surface area (Å²) in [5.74, 6) is 0.114. The van der Waals surface area contributed by atoms with Crippen molar-refractivity contribution in [2.45, 2.75) is 13.0 Å². The average molecular weight is 310 g/mol. The van der Waals surface area contributed by atoms with Gasteiger partial charge in [-0.05, 0) is 31.2 Å². The number of hydrogen-bond acceptors (Lipinski definition) is 2. The highest BCUT2D eigenvalue weighted by Crippen LogP contribution is 2.31. The molecule has 2 aromatic rings. The monoisotopic (exact) mass is 309 g/mol. The fraction of sp³-hybridized carbons (Fsp3) is 0.250. The Kier molecular flexibility index (Phi) is 5.30. The van der Waals surface area contributed by atoms with Crippen LogP contribution in [-0.2, 0) is 13.0 Å². The quantitative estimate of drug-likeness (QED) is 0.886. The van der Waals surface area contributed by atoms with Crippen LogP contribution in [0.4, 0.5) is 0 Å². The molecule has 0 aliphatic carbocycles. The first kappa shape index (κ1) is 15.2. The number of aromatic hydroxyl groups is 1. The van der Waals surface area contributed by atoms with Gasteiger partial charge in [-0.15, -0.1) is 0 Å². The van der Waals surface area contributed by atoms with E-state index in [1.807, 2.05) is 25.2 Å². The molecular weight excluding hydrogens is 293 g/mol. The first-order valence-corrected chi connectivity index (χ1v) is 7.21. The summed E-state index contributed by atoms with van der Waals surface area (Å²) in [6.45, 7) is 1.51. The Labute approximate surface area is 129 Å². The Hall–Kier alpha value is -1.22. The van der Waals surface area contributed by atoms with E-state index in [9.17, 15) is 5.11 Å². The van der Waals surface area contributed by atoms with Gasteiger partial charge in [0.2, 0.25) is 0 Å². The topological polar surface area (TPSA) is 23.5 Å². The zero-order chi connectivity index (χ0) is 14.5. The Morgan fingerprint density at radius 1 is 1.10 bits per heavy atom. The van der Waals surface area contributed by atoms with Crippen LogP contribution in [0.5, 0.6) is 5.75 Å². The highest BCUT2D eigenvalue weighted by Gasteiger charge is 2.10. The Morgan fingerprint density at radius 3 is 2.50 bits per heavy atom. The SMILES string of the molecule is CN(CCc1ccccc1)Cc1cc(Cl)cc(Cl)c1O. The molecule has 0 aliphatic rings. The number of phenols is 1. The highest BCUT2D eigenvalue weighted by molar-refractivity contribution is 6.35. The molecule has 0 bridgehead atoms. The number of halogens is 2. The summed E-state index contributed by atoms with van der Waals surface area (Å²) in [4.78, 5) is 2.13. The highest BCUT2D eigenvalue weighted by atomic mass is 35.5. The molecule has 0 aliphatic heterocycles. The molecule has 0 unspecified atom stereocenters. The van der Waals surface area contributed by atoms with E-state index in [-0.39, 0.29) is 5.75 Å². The molecule has 1 N–H and O–H groups in total. The zero-order valence-corrected chi connectivity index (χ0v) is 12.8. The van der Waals surface area contributed by atoms with Gasteiger partial charge in [0.1, 0.15) is 5.75 Å². The predicted octanol–water partition coefficient (Wildman–Crippen LogP) is 4.37. The average Bonchev–Trinajstić information content (AvgIpc) is 2.43. The van der Waals surface area contributed by atoms with Gasteiger partial charge < -0.3 is 10.0 Å². The maximum atomic E-state index is 9.94. The lowest BCUT2D eigenvalue weighted by Gasteiger charge is -2.18. The van der Waals surface area contributed by atoms with Crippen molar-refractivity contribution in [3.8, 4) is 5.75 Å². The van der Waals surface area contributed by atoms with Gasteiger partial charge >= 0.3 is 0 Å². The third kappa shape index (κ3) is 4.14. The maximum absolute atomic E-state index is 9.94. The molecule has 0 radical (unpaired) electrons. The van der Waals surface area contributed by atoms with E-state index in [0.717, 1.165) is 18.5 Å². The number of phenolic OH excluding ortho intramolecular Hbond substituents is 1. The largest absolute Gasteiger partial charge is 0.506 e. The molecule has 2 nitrogen and oxygen atoms in total. The molecule has 0 aromatic heterocycles. The first-order chi connectivity index (χ1) is 9.56. The lowest BCUT2D eigenvalue weighted by Crippen LogP contribution is -2.20. The second-order valence-electron chi connectivity index (χ2n) is 4.87. The van der Waals surface area contributed by atoms with Crippen LogP contribution in [0.15, 0.2) is 42.5 Å². The maximum Gasteiger partial charge on any atom is 0.138 e. The number of hydrogen-bond donors (Lipinski definition) is 1. The number of benzene rings is 2. The predicted molar refractivity (Wildman–Crippen MR) is 84.6 cm³/mol. The molecule has 0 saturated carbocycles. The van der Waals surface area contributed by atoms with Gasteiger partial charge in [-0.2, -0.15) is 0 Å². The lowest BCUT2D eigenvalue weighted by molar-refractivity contribution is 0.324. The number of nitrogens with zero attached hydrogens (tertiary/aromatic N) is 1. The molecule has 2 aromatic carbocycles. The van der Waals surface area contributed by atoms with Gasteiger partial charge in [0, 0.05) is 23.7 Å². The number of rotatable bonds is 5. The van der Waals surface area contributed by atoms with Crippen molar-refractivity contribution >= 4 is 23.2 Å². The second-order valence-corrected chi connectivity index (χ2v) is 5.71. The van der Waals surface area contributed by atoms with E-state index >= 15 is 0 Å². The van der Waals surface area contributed by atoms with Crippen molar-refractivity contribution in [3.05, 3.63) is 63.6 Å². The minimum Gasteiger partial charge on any atom is -0.506 e. The molecule has 0 saturated heterocycles. The fourth-order valence-electron chi connectivity index (χ4n) is 2.07. The van der Waals surface area contributed by atoms with Crippen molar-refractivity contribution < 1.29 is 5.11 Å². The van der Waals surface area contributed by atoms with Crippen molar-refractivity contribution in [1.29, 1.82) is 0 Å². The number of likely N-dealkylation sites (N-methyl/N-ethyl adjacent to an activating group) is 1. The van der Waals surface area contributed by atoms with Gasteiger partial charge in [-0.3, -0.25) is 0 Å². The Bertz CT molecular complexity index is 572. The van der Waals surface area contributed by atoms with Crippen molar-refractivity contribution in [3.63, 3.8) is 0 Å². The van der Waals surface area contributed by atoms with Crippen molar-refractivity contribution in [2.75, 3.05) is 13.6 Å². The zero-order valence-electron chi connectivity index (χ0n) is 11.3. The second kappa shape index (κ2) is 6.98. The molecule has 0 spiro atoms. The molecule has 106 valence electrons. The van der Waals surface area contributed by atoms with Gasteiger partial charge in [-0.25, -0.2) is 0 Å². The molecule has 0 amide bonds. The van der Waals surface area contributed by atoms with Crippen molar-refractivity contribution in [1.82, 2.24) is 4.90 Å². The van der Waals surface area contributed by atoms with Crippen LogP contribution < -0.4 is 0 Å². The van der Waals surface area contributed by atoms with Crippen LogP contribution >= 0.6 is 23.2 Å². The van der Waals surface area contributed by atoms with Crippen LogP contribution in [0, 0.1) is 0 Å². The van der Waals surface area contributed by atoms with Gasteiger partial charge in [0.05, 0.1) is 5.02 Å². The van der Waals surface area contributed by atoms with Crippen LogP contribution in [0.2, 0.25) is 10.0 Å². The summed E-state index contributed by atoms with van der Waals surface area (Å²) >= 11 is 11.9. The summed E-state index contributed by atoms with van der Waals surface area (Å²) in [5.41, 5.74) is 2.05. The fourth-order valence-corrected chi connectivity index (χ4v) is 2.61. The standard InChI is InChI=1S/C16H17Cl2NO/c1-19(8-7-12-5-3-2-4-6-12)11-13-9-14(17)10-15(18)16(13)20/h2-6,9-10,20H,7-8,11H2,1H3. The van der Waals surface area contributed by atoms with Gasteiger partial charge in [-0.1, -0.05) is 53.5 Å². The lowest BCUT2D eigenvalue weighted by atomic mass is 10.1. The summed E-state index contributed by atoms with van der Waals surface area (Å²) in [7, 11) is 2.01. The molecule has 2 rings (SSSR count). The Balaban J connectivity index is 1.96. The van der Waals surface area contributed by atoms with Crippen LogP contribution in [-0.4, -0.2) is 23.6 Å². The normalized spacial score (nSPS) is 11.0. The minimum atomic E-state index is 0.114. The summed E-state index contributed by atoms with van der Waals surface area (Å²) in [6.07, 6.45) is 0.965. The Morgan fingerprint density at radius 2 is 1.80 bits per heavy atom. The first-order valence-electron chi connectivity index (χ1n) is 6.45. The van der Waals surface area contributed by atoms with Crippen molar-refractivity contribution in [2.24, 2.45) is 0 Å². The van der Waals surface area contributed by atoms with Gasteiger partial charge in [0.25, 0.3) is 0 Å².